The Balaban J connectivity index is 2.07. The number of morpholine rings is 1. The first kappa shape index (κ1) is 17.1. The van der Waals surface area contributed by atoms with Crippen molar-refractivity contribution in [1.29, 1.82) is 0 Å². The molecule has 0 aromatic heterocycles. The summed E-state index contributed by atoms with van der Waals surface area (Å²) in [5.41, 5.74) is 0.367. The monoisotopic (exact) mass is 340 g/mol. The van der Waals surface area contributed by atoms with E-state index in [1.807, 2.05) is 0 Å². The van der Waals surface area contributed by atoms with Gasteiger partial charge in [-0.3, -0.25) is 4.79 Å². The minimum atomic E-state index is -3.58. The lowest BCUT2D eigenvalue weighted by molar-refractivity contribution is -0.131. The summed E-state index contributed by atoms with van der Waals surface area (Å²) in [6.45, 7) is 1.34. The number of nitrogens with one attached hydrogen (secondary N) is 1. The van der Waals surface area contributed by atoms with Crippen LogP contribution in [0.1, 0.15) is 0 Å². The minimum absolute atomic E-state index is 0.124. The highest BCUT2D eigenvalue weighted by Gasteiger charge is 2.26. The molecular weight excluding hydrogens is 324 g/mol. The van der Waals surface area contributed by atoms with E-state index >= 15 is 0 Å². The molecule has 1 aromatic carbocycles. The molecule has 0 bridgehead atoms. The van der Waals surface area contributed by atoms with Gasteiger partial charge in [-0.25, -0.2) is 13.2 Å². The molecule has 124 valence electrons. The standard InChI is InChI=1S/C14H16N2O6S/c17-13(5-6-14(18)19)15-11-1-3-12(4-2-11)23(20,21)16-7-9-22-10-8-16/h1-6H,7-10H2,(H,15,17)(H,18,19)/b6-5+. The molecule has 1 amide bonds. The highest BCUT2D eigenvalue weighted by Crippen LogP contribution is 2.19. The van der Waals surface area contributed by atoms with Crippen molar-refractivity contribution in [2.75, 3.05) is 31.6 Å². The molecule has 2 N–H and O–H groups in total. The van der Waals surface area contributed by atoms with Gasteiger partial charge in [0.25, 0.3) is 0 Å². The van der Waals surface area contributed by atoms with Crippen molar-refractivity contribution in [1.82, 2.24) is 4.31 Å². The number of rotatable bonds is 5. The number of carbonyl (C=O) groups is 2. The van der Waals surface area contributed by atoms with Crippen LogP contribution in [0.5, 0.6) is 0 Å². The smallest absolute Gasteiger partial charge is 0.328 e. The van der Waals surface area contributed by atoms with Gasteiger partial charge in [-0.05, 0) is 24.3 Å². The van der Waals surface area contributed by atoms with Gasteiger partial charge in [0.1, 0.15) is 0 Å². The van der Waals surface area contributed by atoms with E-state index in [-0.39, 0.29) is 4.90 Å². The van der Waals surface area contributed by atoms with E-state index in [4.69, 9.17) is 9.84 Å². The molecular formula is C14H16N2O6S. The summed E-state index contributed by atoms with van der Waals surface area (Å²) < 4.78 is 31.3. The molecule has 1 heterocycles. The zero-order chi connectivity index (χ0) is 16.9. The van der Waals surface area contributed by atoms with Gasteiger partial charge in [0, 0.05) is 30.9 Å². The Kier molecular flexibility index (Phi) is 5.48. The van der Waals surface area contributed by atoms with Crippen molar-refractivity contribution in [2.45, 2.75) is 4.90 Å². The third kappa shape index (κ3) is 4.62. The van der Waals surface area contributed by atoms with Crippen molar-refractivity contribution >= 4 is 27.6 Å². The van der Waals surface area contributed by atoms with Crippen molar-refractivity contribution in [3.8, 4) is 0 Å². The van der Waals surface area contributed by atoms with E-state index in [9.17, 15) is 18.0 Å². The molecule has 1 fully saturated rings. The van der Waals surface area contributed by atoms with E-state index in [0.29, 0.717) is 38.1 Å². The van der Waals surface area contributed by atoms with E-state index in [1.54, 1.807) is 0 Å². The zero-order valence-corrected chi connectivity index (χ0v) is 13.0. The van der Waals surface area contributed by atoms with Gasteiger partial charge in [0.2, 0.25) is 15.9 Å². The number of aliphatic carboxylic acids is 1. The quantitative estimate of drug-likeness (QED) is 0.745. The summed E-state index contributed by atoms with van der Waals surface area (Å²) in [5.74, 6) is -1.84. The molecule has 1 aromatic rings. The molecule has 1 aliphatic heterocycles. The van der Waals surface area contributed by atoms with Crippen molar-refractivity contribution in [3.05, 3.63) is 36.4 Å². The first-order valence-electron chi connectivity index (χ1n) is 6.79. The van der Waals surface area contributed by atoms with Gasteiger partial charge in [0.05, 0.1) is 18.1 Å². The molecule has 0 unspecified atom stereocenters. The Morgan fingerprint density at radius 2 is 1.74 bits per heavy atom. The molecule has 0 radical (unpaired) electrons. The fourth-order valence-corrected chi connectivity index (χ4v) is 3.39. The van der Waals surface area contributed by atoms with E-state index in [1.165, 1.54) is 28.6 Å². The van der Waals surface area contributed by atoms with Crippen LogP contribution in [0.4, 0.5) is 5.69 Å². The number of anilines is 1. The lowest BCUT2D eigenvalue weighted by Gasteiger charge is -2.26. The maximum Gasteiger partial charge on any atom is 0.328 e. The van der Waals surface area contributed by atoms with Gasteiger partial charge in [-0.15, -0.1) is 0 Å². The molecule has 1 saturated heterocycles. The summed E-state index contributed by atoms with van der Waals surface area (Å²) in [7, 11) is -3.58. The number of sulfonamides is 1. The summed E-state index contributed by atoms with van der Waals surface area (Å²) in [6.07, 6.45) is 1.59. The van der Waals surface area contributed by atoms with Gasteiger partial charge in [0.15, 0.2) is 0 Å². The summed E-state index contributed by atoms with van der Waals surface area (Å²) in [4.78, 5) is 21.9. The summed E-state index contributed by atoms with van der Waals surface area (Å²) in [6, 6.07) is 5.67. The fraction of sp³-hybridized carbons (Fsp3) is 0.286. The van der Waals surface area contributed by atoms with Crippen LogP contribution in [0.3, 0.4) is 0 Å². The Bertz CT molecular complexity index is 705. The van der Waals surface area contributed by atoms with Crippen LogP contribution in [0.25, 0.3) is 0 Å². The summed E-state index contributed by atoms with van der Waals surface area (Å²) >= 11 is 0. The number of benzene rings is 1. The molecule has 0 atom stereocenters. The largest absolute Gasteiger partial charge is 0.478 e. The van der Waals surface area contributed by atoms with Crippen LogP contribution in [-0.4, -0.2) is 56.0 Å². The lowest BCUT2D eigenvalue weighted by Crippen LogP contribution is -2.40. The third-order valence-corrected chi connectivity index (χ3v) is 5.02. The highest BCUT2D eigenvalue weighted by atomic mass is 32.2. The van der Waals surface area contributed by atoms with Crippen LogP contribution in [0, 0.1) is 0 Å². The average molecular weight is 340 g/mol. The second-order valence-corrected chi connectivity index (χ2v) is 6.64. The number of hydrogen-bond donors (Lipinski definition) is 2. The molecule has 23 heavy (non-hydrogen) atoms. The Hall–Kier alpha value is -2.23. The number of carboxylic acid groups (broad SMARTS) is 1. The molecule has 9 heteroatoms. The van der Waals surface area contributed by atoms with Crippen LogP contribution >= 0.6 is 0 Å². The SMILES string of the molecule is O=C(O)/C=C/C(=O)Nc1ccc(S(=O)(=O)N2CCOCC2)cc1. The molecule has 8 nitrogen and oxygen atoms in total. The van der Waals surface area contributed by atoms with Crippen molar-refractivity contribution in [3.63, 3.8) is 0 Å². The minimum Gasteiger partial charge on any atom is -0.478 e. The average Bonchev–Trinajstić information content (AvgIpc) is 2.54. The van der Waals surface area contributed by atoms with Crippen molar-refractivity contribution in [2.24, 2.45) is 0 Å². The van der Waals surface area contributed by atoms with Crippen LogP contribution in [0.15, 0.2) is 41.3 Å². The number of carbonyl (C=O) groups excluding carboxylic acids is 1. The molecule has 0 aliphatic carbocycles. The fourth-order valence-electron chi connectivity index (χ4n) is 1.98. The number of nitrogens with zero attached hydrogens (tertiary/aromatic N) is 1. The van der Waals surface area contributed by atoms with Crippen molar-refractivity contribution < 1.29 is 27.9 Å². The number of hydrogen-bond acceptors (Lipinski definition) is 5. The first-order valence-corrected chi connectivity index (χ1v) is 8.23. The van der Waals surface area contributed by atoms with E-state index in [0.717, 1.165) is 6.08 Å². The maximum absolute atomic E-state index is 12.4. The number of amides is 1. The number of ether oxygens (including phenoxy) is 1. The van der Waals surface area contributed by atoms with Gasteiger partial charge in [-0.2, -0.15) is 4.31 Å². The molecule has 1 aliphatic rings. The second-order valence-electron chi connectivity index (χ2n) is 4.70. The van der Waals surface area contributed by atoms with Crippen LogP contribution < -0.4 is 5.32 Å². The lowest BCUT2D eigenvalue weighted by atomic mass is 10.3. The Morgan fingerprint density at radius 1 is 1.13 bits per heavy atom. The second kappa shape index (κ2) is 7.36. The van der Waals surface area contributed by atoms with Gasteiger partial charge < -0.3 is 15.2 Å². The topological polar surface area (TPSA) is 113 Å². The predicted octanol–water partition coefficient (Wildman–Crippen LogP) is 0.287. The van der Waals surface area contributed by atoms with Gasteiger partial charge in [-0.1, -0.05) is 0 Å². The predicted molar refractivity (Wildman–Crippen MR) is 81.4 cm³/mol. The summed E-state index contributed by atoms with van der Waals surface area (Å²) in [5, 5.41) is 10.9. The molecule has 2 rings (SSSR count). The number of carboxylic acids is 1. The van der Waals surface area contributed by atoms with Crippen LogP contribution in [-0.2, 0) is 24.3 Å². The van der Waals surface area contributed by atoms with Crippen LogP contribution in [0.2, 0.25) is 0 Å². The van der Waals surface area contributed by atoms with Gasteiger partial charge >= 0.3 is 5.97 Å². The molecule has 0 saturated carbocycles. The Labute approximate surface area is 133 Å². The third-order valence-electron chi connectivity index (χ3n) is 3.11. The van der Waals surface area contributed by atoms with E-state index < -0.39 is 21.9 Å². The normalized spacial score (nSPS) is 16.3. The maximum atomic E-state index is 12.4. The Morgan fingerprint density at radius 3 is 2.30 bits per heavy atom. The zero-order valence-electron chi connectivity index (χ0n) is 12.1. The molecule has 0 spiro atoms. The first-order chi connectivity index (χ1) is 10.9. The highest BCUT2D eigenvalue weighted by molar-refractivity contribution is 7.89. The van der Waals surface area contributed by atoms with E-state index in [2.05, 4.69) is 5.32 Å².